The van der Waals surface area contributed by atoms with Crippen molar-refractivity contribution in [2.75, 3.05) is 7.11 Å². The Bertz CT molecular complexity index is 798. The number of ether oxygens (including phenoxy) is 1. The monoisotopic (exact) mass is 365 g/mol. The zero-order valence-electron chi connectivity index (χ0n) is 17.3. The molecular weight excluding hydrogens is 334 g/mol. The molecule has 144 valence electrons. The first-order valence-electron chi connectivity index (χ1n) is 9.48. The van der Waals surface area contributed by atoms with Gasteiger partial charge in [-0.25, -0.2) is 0 Å². The molecule has 27 heavy (non-hydrogen) atoms. The number of carbonyl (C=O) groups is 1. The topological polar surface area (TPSA) is 38.3 Å². The van der Waals surface area contributed by atoms with Crippen LogP contribution in [0.4, 0.5) is 0 Å². The highest BCUT2D eigenvalue weighted by atomic mass is 16.5. The Hall–Kier alpha value is -2.55. The van der Waals surface area contributed by atoms with Crippen molar-refractivity contribution in [2.24, 2.45) is 0 Å². The summed E-state index contributed by atoms with van der Waals surface area (Å²) in [6.45, 7) is 10.7. The molecule has 1 amide bonds. The maximum atomic E-state index is 12.4. The molecule has 3 nitrogen and oxygen atoms in total. The number of hydrogen-bond donors (Lipinski definition) is 1. The van der Waals surface area contributed by atoms with Crippen LogP contribution in [0.5, 0.6) is 5.75 Å². The van der Waals surface area contributed by atoms with E-state index in [1.54, 1.807) is 13.2 Å². The Morgan fingerprint density at radius 1 is 1.15 bits per heavy atom. The van der Waals surface area contributed by atoms with Crippen LogP contribution < -0.4 is 10.1 Å². The summed E-state index contributed by atoms with van der Waals surface area (Å²) in [6, 6.07) is 14.3. The first-order chi connectivity index (χ1) is 12.7. The lowest BCUT2D eigenvalue weighted by Crippen LogP contribution is -2.26. The number of hydrogen-bond acceptors (Lipinski definition) is 2. The predicted molar refractivity (Wildman–Crippen MR) is 113 cm³/mol. The maximum Gasteiger partial charge on any atom is 0.244 e. The van der Waals surface area contributed by atoms with Crippen LogP contribution in [-0.4, -0.2) is 13.0 Å². The largest absolute Gasteiger partial charge is 0.496 e. The van der Waals surface area contributed by atoms with Gasteiger partial charge in [-0.05, 0) is 53.2 Å². The van der Waals surface area contributed by atoms with Gasteiger partial charge in [0, 0.05) is 6.08 Å². The molecule has 0 fully saturated rings. The minimum atomic E-state index is -0.0878. The lowest BCUT2D eigenvalue weighted by Gasteiger charge is -2.19. The molecule has 0 radical (unpaired) electrons. The molecule has 0 aromatic heterocycles. The SMILES string of the molecule is CCC(NC(=O)/C=C/c1ccc(C(C)(C)C)cc1)c1ccc(OC)c(C)c1. The normalized spacial score (nSPS) is 12.8. The molecule has 2 aromatic carbocycles. The van der Waals surface area contributed by atoms with E-state index in [1.165, 1.54) is 5.56 Å². The number of methoxy groups -OCH3 is 1. The summed E-state index contributed by atoms with van der Waals surface area (Å²) >= 11 is 0. The van der Waals surface area contributed by atoms with Gasteiger partial charge in [0.1, 0.15) is 5.75 Å². The van der Waals surface area contributed by atoms with Crippen molar-refractivity contribution in [1.29, 1.82) is 0 Å². The van der Waals surface area contributed by atoms with E-state index in [-0.39, 0.29) is 17.4 Å². The molecule has 0 spiro atoms. The lowest BCUT2D eigenvalue weighted by molar-refractivity contribution is -0.117. The van der Waals surface area contributed by atoms with Crippen LogP contribution in [0.1, 0.15) is 62.4 Å². The summed E-state index contributed by atoms with van der Waals surface area (Å²) in [5, 5.41) is 3.09. The molecule has 2 rings (SSSR count). The Labute approximate surface area is 163 Å². The molecule has 0 heterocycles. The molecule has 3 heteroatoms. The zero-order chi connectivity index (χ0) is 20.0. The maximum absolute atomic E-state index is 12.4. The summed E-state index contributed by atoms with van der Waals surface area (Å²) in [7, 11) is 1.67. The van der Waals surface area contributed by atoms with E-state index < -0.39 is 0 Å². The van der Waals surface area contributed by atoms with Crippen molar-refractivity contribution >= 4 is 12.0 Å². The third-order valence-corrected chi connectivity index (χ3v) is 4.75. The average molecular weight is 366 g/mol. The highest BCUT2D eigenvalue weighted by Crippen LogP contribution is 2.24. The molecular formula is C24H31NO2. The van der Waals surface area contributed by atoms with Gasteiger partial charge in [-0.1, -0.05) is 64.1 Å². The van der Waals surface area contributed by atoms with Crippen LogP contribution in [0.3, 0.4) is 0 Å². The minimum Gasteiger partial charge on any atom is -0.496 e. The van der Waals surface area contributed by atoms with E-state index in [9.17, 15) is 4.79 Å². The summed E-state index contributed by atoms with van der Waals surface area (Å²) in [6.07, 6.45) is 4.28. The van der Waals surface area contributed by atoms with Gasteiger partial charge in [0.15, 0.2) is 0 Å². The fraction of sp³-hybridized carbons (Fsp3) is 0.375. The van der Waals surface area contributed by atoms with E-state index in [0.29, 0.717) is 0 Å². The van der Waals surface area contributed by atoms with Gasteiger partial charge in [-0.3, -0.25) is 4.79 Å². The van der Waals surface area contributed by atoms with E-state index in [0.717, 1.165) is 28.9 Å². The Morgan fingerprint density at radius 3 is 2.33 bits per heavy atom. The zero-order valence-corrected chi connectivity index (χ0v) is 17.3. The van der Waals surface area contributed by atoms with Gasteiger partial charge in [-0.15, -0.1) is 0 Å². The molecule has 2 aromatic rings. The predicted octanol–water partition coefficient (Wildman–Crippen LogP) is 5.58. The van der Waals surface area contributed by atoms with E-state index in [2.05, 4.69) is 63.3 Å². The smallest absolute Gasteiger partial charge is 0.244 e. The van der Waals surface area contributed by atoms with Crippen LogP contribution in [-0.2, 0) is 10.2 Å². The highest BCUT2D eigenvalue weighted by Gasteiger charge is 2.14. The van der Waals surface area contributed by atoms with Crippen molar-refractivity contribution in [3.05, 3.63) is 70.8 Å². The standard InChI is InChI=1S/C24H31NO2/c1-7-21(19-11-14-22(27-6)17(2)16-19)25-23(26)15-10-18-8-12-20(13-9-18)24(3,4)5/h8-16,21H,7H2,1-6H3,(H,25,26)/b15-10+. The van der Waals surface area contributed by atoms with Crippen LogP contribution in [0.2, 0.25) is 0 Å². The Kier molecular flexibility index (Phi) is 6.84. The number of aryl methyl sites for hydroxylation is 1. The fourth-order valence-corrected chi connectivity index (χ4v) is 3.03. The third kappa shape index (κ3) is 5.72. The number of nitrogens with one attached hydrogen (secondary N) is 1. The second-order valence-corrected chi connectivity index (χ2v) is 7.90. The fourth-order valence-electron chi connectivity index (χ4n) is 3.03. The average Bonchev–Trinajstić information content (AvgIpc) is 2.64. The molecule has 0 saturated carbocycles. The van der Waals surface area contributed by atoms with Crippen LogP contribution >= 0.6 is 0 Å². The lowest BCUT2D eigenvalue weighted by atomic mass is 9.87. The summed E-state index contributed by atoms with van der Waals surface area (Å²) in [4.78, 5) is 12.4. The first kappa shape index (κ1) is 20.8. The van der Waals surface area contributed by atoms with Crippen molar-refractivity contribution in [3.8, 4) is 5.75 Å². The second-order valence-electron chi connectivity index (χ2n) is 7.90. The molecule has 1 atom stereocenters. The number of benzene rings is 2. The highest BCUT2D eigenvalue weighted by molar-refractivity contribution is 5.92. The molecule has 1 unspecified atom stereocenters. The Morgan fingerprint density at radius 2 is 1.81 bits per heavy atom. The van der Waals surface area contributed by atoms with Crippen LogP contribution in [0.25, 0.3) is 6.08 Å². The van der Waals surface area contributed by atoms with E-state index in [1.807, 2.05) is 25.1 Å². The first-order valence-corrected chi connectivity index (χ1v) is 9.48. The van der Waals surface area contributed by atoms with Crippen molar-refractivity contribution in [1.82, 2.24) is 5.32 Å². The second kappa shape index (κ2) is 8.90. The van der Waals surface area contributed by atoms with E-state index >= 15 is 0 Å². The summed E-state index contributed by atoms with van der Waals surface area (Å²) in [5.41, 5.74) is 4.59. The van der Waals surface area contributed by atoms with E-state index in [4.69, 9.17) is 4.74 Å². The Balaban J connectivity index is 2.04. The summed E-state index contributed by atoms with van der Waals surface area (Å²) < 4.78 is 5.31. The van der Waals surface area contributed by atoms with Gasteiger partial charge in [0.05, 0.1) is 13.2 Å². The molecule has 0 aliphatic carbocycles. The molecule has 0 saturated heterocycles. The van der Waals surface area contributed by atoms with Crippen molar-refractivity contribution in [2.45, 2.75) is 52.5 Å². The molecule has 1 N–H and O–H groups in total. The van der Waals surface area contributed by atoms with Crippen LogP contribution in [0, 0.1) is 6.92 Å². The van der Waals surface area contributed by atoms with Gasteiger partial charge >= 0.3 is 0 Å². The van der Waals surface area contributed by atoms with Crippen LogP contribution in [0.15, 0.2) is 48.5 Å². The number of amides is 1. The third-order valence-electron chi connectivity index (χ3n) is 4.75. The molecule has 0 aliphatic rings. The quantitative estimate of drug-likeness (QED) is 0.679. The van der Waals surface area contributed by atoms with Crippen molar-refractivity contribution < 1.29 is 9.53 Å². The molecule has 0 bridgehead atoms. The van der Waals surface area contributed by atoms with Gasteiger partial charge in [-0.2, -0.15) is 0 Å². The molecule has 0 aliphatic heterocycles. The summed E-state index contributed by atoms with van der Waals surface area (Å²) in [5.74, 6) is 0.772. The van der Waals surface area contributed by atoms with Gasteiger partial charge in [0.2, 0.25) is 5.91 Å². The van der Waals surface area contributed by atoms with Gasteiger partial charge < -0.3 is 10.1 Å². The minimum absolute atomic E-state index is 0.0185. The van der Waals surface area contributed by atoms with Crippen molar-refractivity contribution in [3.63, 3.8) is 0 Å². The number of carbonyl (C=O) groups excluding carboxylic acids is 1. The number of rotatable bonds is 6. The van der Waals surface area contributed by atoms with Gasteiger partial charge in [0.25, 0.3) is 0 Å².